The highest BCUT2D eigenvalue weighted by Crippen LogP contribution is 2.48. The van der Waals surface area contributed by atoms with Crippen LogP contribution < -0.4 is 10.5 Å². The Morgan fingerprint density at radius 3 is 2.38 bits per heavy atom. The molecule has 9 nitrogen and oxygen atoms in total. The van der Waals surface area contributed by atoms with Crippen LogP contribution in [0, 0.1) is 18.3 Å². The van der Waals surface area contributed by atoms with E-state index in [4.69, 9.17) is 4.98 Å². The van der Waals surface area contributed by atoms with E-state index < -0.39 is 29.3 Å². The van der Waals surface area contributed by atoms with Gasteiger partial charge in [0.1, 0.15) is 11.5 Å². The number of barbiturate groups is 1. The molecule has 0 N–H and O–H groups in total. The van der Waals surface area contributed by atoms with Crippen LogP contribution in [-0.4, -0.2) is 63.7 Å². The number of carbonyl (C=O) groups is 3. The van der Waals surface area contributed by atoms with Gasteiger partial charge in [0, 0.05) is 33.3 Å². The van der Waals surface area contributed by atoms with Crippen molar-refractivity contribution >= 4 is 29.3 Å². The number of amides is 4. The number of hydrogen-bond acceptors (Lipinski definition) is 6. The predicted molar refractivity (Wildman–Crippen MR) is 137 cm³/mol. The first-order chi connectivity index (χ1) is 17.7. The lowest BCUT2D eigenvalue weighted by atomic mass is 9.64. The van der Waals surface area contributed by atoms with E-state index in [1.54, 1.807) is 12.3 Å². The predicted octanol–water partition coefficient (Wildman–Crippen LogP) is 2.42. The summed E-state index contributed by atoms with van der Waals surface area (Å²) in [5.41, 5.74) is 1.13. The average Bonchev–Trinajstić information content (AvgIpc) is 2.91. The van der Waals surface area contributed by atoms with Crippen molar-refractivity contribution in [2.75, 3.05) is 25.5 Å². The molecule has 0 aliphatic carbocycles. The minimum atomic E-state index is -1.57. The van der Waals surface area contributed by atoms with Gasteiger partial charge in [-0.05, 0) is 49.3 Å². The van der Waals surface area contributed by atoms with Crippen molar-refractivity contribution in [1.82, 2.24) is 19.2 Å². The Balaban J connectivity index is 1.53. The molecule has 190 valence electrons. The van der Waals surface area contributed by atoms with Crippen molar-refractivity contribution in [2.45, 2.75) is 38.6 Å². The van der Waals surface area contributed by atoms with Crippen molar-refractivity contribution in [3.63, 3.8) is 0 Å². The van der Waals surface area contributed by atoms with Crippen LogP contribution in [0.25, 0.3) is 5.65 Å². The van der Waals surface area contributed by atoms with Gasteiger partial charge in [-0.25, -0.2) is 9.78 Å². The Kier molecular flexibility index (Phi) is 5.22. The summed E-state index contributed by atoms with van der Waals surface area (Å²) in [5, 5.41) is 0. The number of fused-ring (bicyclic) bond motifs is 5. The highest BCUT2D eigenvalue weighted by atomic mass is 16.2. The van der Waals surface area contributed by atoms with Gasteiger partial charge in [0.05, 0.1) is 11.6 Å². The summed E-state index contributed by atoms with van der Waals surface area (Å²) < 4.78 is 1.49. The third kappa shape index (κ3) is 3.26. The molecule has 2 aromatic heterocycles. The van der Waals surface area contributed by atoms with Crippen molar-refractivity contribution < 1.29 is 14.4 Å². The van der Waals surface area contributed by atoms with Gasteiger partial charge in [0.25, 0.3) is 5.56 Å². The van der Waals surface area contributed by atoms with Gasteiger partial charge >= 0.3 is 6.03 Å². The van der Waals surface area contributed by atoms with E-state index in [0.717, 1.165) is 28.2 Å². The summed E-state index contributed by atoms with van der Waals surface area (Å²) in [7, 11) is 2.82. The van der Waals surface area contributed by atoms with E-state index in [-0.39, 0.29) is 17.9 Å². The maximum absolute atomic E-state index is 13.9. The molecule has 9 heteroatoms. The van der Waals surface area contributed by atoms with Crippen LogP contribution in [0.4, 0.5) is 10.6 Å². The van der Waals surface area contributed by atoms with Crippen molar-refractivity contribution in [3.05, 3.63) is 75.7 Å². The number of anilines is 1. The molecule has 1 aromatic carbocycles. The van der Waals surface area contributed by atoms with E-state index in [9.17, 15) is 19.2 Å². The molecule has 5 heterocycles. The van der Waals surface area contributed by atoms with E-state index >= 15 is 0 Å². The Bertz CT molecular complexity index is 1490. The molecular weight excluding hydrogens is 470 g/mol. The second kappa shape index (κ2) is 8.26. The normalized spacial score (nSPS) is 23.0. The summed E-state index contributed by atoms with van der Waals surface area (Å²) in [4.78, 5) is 63.3. The zero-order valence-corrected chi connectivity index (χ0v) is 21.2. The standard InChI is InChI=1S/C28H29N5O4/c1-17-8-7-12-33-22(17)29-23-20(24(33)34)16-28(25(35)30(2)27(37)31(3)26(28)36)21-15-19(11-13-32(21)23)14-18-9-5-4-6-10-18/h4-10,12,19,21H,11,13-16H2,1-3H3/t19-,21-/m0/s1. The highest BCUT2D eigenvalue weighted by Gasteiger charge is 2.64. The zero-order chi connectivity index (χ0) is 26.1. The SMILES string of the molecule is Cc1cccn2c(=O)c3c(nc12)N1CC[C@@H](Cc2ccccc2)C[C@H]1C1(C3)C(=O)N(C)C(=O)N(C)C1=O. The Hall–Kier alpha value is -4.01. The van der Waals surface area contributed by atoms with Gasteiger partial charge in [-0.3, -0.25) is 28.6 Å². The molecule has 2 saturated heterocycles. The van der Waals surface area contributed by atoms with Gasteiger partial charge in [-0.2, -0.15) is 0 Å². The van der Waals surface area contributed by atoms with Gasteiger partial charge in [0.2, 0.25) is 11.8 Å². The molecule has 3 aliphatic rings. The Morgan fingerprint density at radius 1 is 0.973 bits per heavy atom. The fourth-order valence-corrected chi connectivity index (χ4v) is 6.53. The topological polar surface area (TPSA) is 95.3 Å². The highest BCUT2D eigenvalue weighted by molar-refractivity contribution is 6.20. The maximum Gasteiger partial charge on any atom is 0.332 e. The van der Waals surface area contributed by atoms with Crippen LogP contribution in [-0.2, 0) is 22.4 Å². The summed E-state index contributed by atoms with van der Waals surface area (Å²) in [6.45, 7) is 2.47. The average molecular weight is 500 g/mol. The first-order valence-corrected chi connectivity index (χ1v) is 12.7. The number of aromatic nitrogens is 2. The molecule has 3 aliphatic heterocycles. The van der Waals surface area contributed by atoms with Crippen LogP contribution in [0.1, 0.15) is 29.5 Å². The number of urea groups is 1. The lowest BCUT2D eigenvalue weighted by molar-refractivity contribution is -0.160. The molecule has 0 bridgehead atoms. The van der Waals surface area contributed by atoms with E-state index in [2.05, 4.69) is 12.1 Å². The quantitative estimate of drug-likeness (QED) is 0.503. The number of hydrogen-bond donors (Lipinski definition) is 0. The summed E-state index contributed by atoms with van der Waals surface area (Å²) in [5.74, 6) is -0.305. The Labute approximate surface area is 214 Å². The molecule has 4 amide bonds. The van der Waals surface area contributed by atoms with Crippen molar-refractivity contribution in [1.29, 1.82) is 0 Å². The fourth-order valence-electron chi connectivity index (χ4n) is 6.53. The molecule has 0 unspecified atom stereocenters. The molecule has 0 saturated carbocycles. The Morgan fingerprint density at radius 2 is 1.68 bits per heavy atom. The van der Waals surface area contributed by atoms with Crippen LogP contribution in [0.5, 0.6) is 0 Å². The molecule has 37 heavy (non-hydrogen) atoms. The lowest BCUT2D eigenvalue weighted by Crippen LogP contribution is -2.73. The zero-order valence-electron chi connectivity index (χ0n) is 21.2. The van der Waals surface area contributed by atoms with E-state index in [1.807, 2.05) is 36.1 Å². The first kappa shape index (κ1) is 23.4. The fraction of sp³-hybridized carbons (Fsp3) is 0.393. The largest absolute Gasteiger partial charge is 0.352 e. The number of aryl methyl sites for hydroxylation is 1. The van der Waals surface area contributed by atoms with Crippen LogP contribution in [0.3, 0.4) is 0 Å². The molecular formula is C28H29N5O4. The number of imide groups is 2. The molecule has 2 fully saturated rings. The van der Waals surface area contributed by atoms with Crippen LogP contribution in [0.15, 0.2) is 53.5 Å². The second-order valence-corrected chi connectivity index (χ2v) is 10.6. The maximum atomic E-state index is 13.9. The van der Waals surface area contributed by atoms with Gasteiger partial charge in [0.15, 0.2) is 5.41 Å². The molecule has 6 rings (SSSR count). The molecule has 3 aromatic rings. The number of piperidine rings is 1. The lowest BCUT2D eigenvalue weighted by Gasteiger charge is -2.55. The molecule has 0 radical (unpaired) electrons. The number of carbonyl (C=O) groups excluding carboxylic acids is 3. The first-order valence-electron chi connectivity index (χ1n) is 12.7. The van der Waals surface area contributed by atoms with E-state index in [0.29, 0.717) is 30.0 Å². The van der Waals surface area contributed by atoms with Crippen LogP contribution >= 0.6 is 0 Å². The molecule has 1 spiro atoms. The summed E-state index contributed by atoms with van der Waals surface area (Å²) >= 11 is 0. The van der Waals surface area contributed by atoms with Crippen LogP contribution in [0.2, 0.25) is 0 Å². The molecule has 2 atom stereocenters. The summed E-state index contributed by atoms with van der Waals surface area (Å²) in [6.07, 6.45) is 3.83. The third-order valence-corrected chi connectivity index (χ3v) is 8.44. The van der Waals surface area contributed by atoms with Crippen molar-refractivity contribution in [3.8, 4) is 0 Å². The van der Waals surface area contributed by atoms with Gasteiger partial charge in [-0.1, -0.05) is 36.4 Å². The smallest absolute Gasteiger partial charge is 0.332 e. The summed E-state index contributed by atoms with van der Waals surface area (Å²) in [6, 6.07) is 12.7. The monoisotopic (exact) mass is 499 g/mol. The number of rotatable bonds is 2. The van der Waals surface area contributed by atoms with Crippen molar-refractivity contribution in [2.24, 2.45) is 11.3 Å². The van der Waals surface area contributed by atoms with Gasteiger partial charge < -0.3 is 4.90 Å². The number of benzene rings is 1. The minimum Gasteiger partial charge on any atom is -0.352 e. The van der Waals surface area contributed by atoms with E-state index in [1.165, 1.54) is 24.1 Å². The van der Waals surface area contributed by atoms with Gasteiger partial charge in [-0.15, -0.1) is 0 Å². The minimum absolute atomic E-state index is 0.0795. The number of nitrogens with zero attached hydrogens (tertiary/aromatic N) is 5. The number of pyridine rings is 1. The second-order valence-electron chi connectivity index (χ2n) is 10.6. The third-order valence-electron chi connectivity index (χ3n) is 8.44.